The molecular weight excluding hydrogens is 434 g/mol. The van der Waals surface area contributed by atoms with Gasteiger partial charge >= 0.3 is 0 Å². The van der Waals surface area contributed by atoms with E-state index in [0.29, 0.717) is 5.66 Å². The van der Waals surface area contributed by atoms with Gasteiger partial charge in [0.05, 0.1) is 0 Å². The van der Waals surface area contributed by atoms with Crippen LogP contribution in [0.15, 0.2) is 121 Å². The molecule has 1 aliphatic rings. The van der Waals surface area contributed by atoms with E-state index >= 15 is 0 Å². The van der Waals surface area contributed by atoms with Crippen molar-refractivity contribution in [3.05, 3.63) is 121 Å². The van der Waals surface area contributed by atoms with Crippen LogP contribution in [0.2, 0.25) is 0 Å². The van der Waals surface area contributed by atoms with E-state index in [4.69, 9.17) is 0 Å². The van der Waals surface area contributed by atoms with Crippen LogP contribution in [0.4, 0.5) is 0 Å². The predicted octanol–water partition coefficient (Wildman–Crippen LogP) is 6.81. The van der Waals surface area contributed by atoms with Crippen molar-refractivity contribution in [1.29, 1.82) is 0 Å². The van der Waals surface area contributed by atoms with Gasteiger partial charge in [0.15, 0.2) is 0 Å². The van der Waals surface area contributed by atoms with Gasteiger partial charge in [-0.05, 0) is 67.1 Å². The first kappa shape index (κ1) is 22.5. The highest BCUT2D eigenvalue weighted by Crippen LogP contribution is 2.56. The number of benzene rings is 4. The monoisotopic (exact) mass is 466 g/mol. The highest BCUT2D eigenvalue weighted by Gasteiger charge is 2.40. The molecule has 0 aliphatic heterocycles. The van der Waals surface area contributed by atoms with E-state index in [1.807, 2.05) is 0 Å². The van der Waals surface area contributed by atoms with Crippen LogP contribution >= 0.6 is 15.8 Å². The molecule has 0 unspecified atom stereocenters. The maximum absolute atomic E-state index is 2.55. The maximum atomic E-state index is 2.55. The molecule has 0 N–H and O–H groups in total. The van der Waals surface area contributed by atoms with Gasteiger partial charge in [0.2, 0.25) is 0 Å². The Labute approximate surface area is 201 Å². The predicted molar refractivity (Wildman–Crippen MR) is 149 cm³/mol. The molecule has 0 nitrogen and oxygen atoms in total. The van der Waals surface area contributed by atoms with Crippen molar-refractivity contribution >= 4 is 37.1 Å². The molecule has 5 rings (SSSR count). The molecule has 2 heteroatoms. The summed E-state index contributed by atoms with van der Waals surface area (Å²) in [7, 11) is -0.778. The third kappa shape index (κ3) is 4.99. The molecule has 0 radical (unpaired) electrons. The summed E-state index contributed by atoms with van der Waals surface area (Å²) in [5.74, 6) is 0.739. The van der Waals surface area contributed by atoms with Gasteiger partial charge in [0.25, 0.3) is 0 Å². The smallest absolute Gasteiger partial charge is 0.00943 e. The molecule has 0 bridgehead atoms. The third-order valence-corrected chi connectivity index (χ3v) is 12.9. The number of hydrogen-bond acceptors (Lipinski definition) is 0. The zero-order valence-corrected chi connectivity index (χ0v) is 21.1. The molecule has 33 heavy (non-hydrogen) atoms. The molecule has 0 aromatic heterocycles. The van der Waals surface area contributed by atoms with E-state index in [2.05, 4.69) is 128 Å². The van der Waals surface area contributed by atoms with Crippen LogP contribution in [0.1, 0.15) is 26.2 Å². The average molecular weight is 467 g/mol. The minimum atomic E-state index is -0.402. The zero-order valence-electron chi connectivity index (χ0n) is 19.3. The Kier molecular flexibility index (Phi) is 7.36. The lowest BCUT2D eigenvalue weighted by Crippen LogP contribution is -2.33. The summed E-state index contributed by atoms with van der Waals surface area (Å²) in [6, 6.07) is 45.3. The van der Waals surface area contributed by atoms with Crippen LogP contribution in [0, 0.1) is 5.92 Å². The quantitative estimate of drug-likeness (QED) is 0.263. The van der Waals surface area contributed by atoms with Gasteiger partial charge in [-0.1, -0.05) is 135 Å². The summed E-state index contributed by atoms with van der Waals surface area (Å²) in [6.07, 6.45) is 4.05. The SMILES string of the molecule is C[C@@H]([C@H]1CCC[C@@H]1P(c1ccccc1)c1ccccc1)P(c1ccccc1)c1ccccc1. The Balaban J connectivity index is 1.54. The van der Waals surface area contributed by atoms with E-state index in [9.17, 15) is 0 Å². The first-order valence-corrected chi connectivity index (χ1v) is 14.9. The van der Waals surface area contributed by atoms with Crippen LogP contribution in [-0.4, -0.2) is 11.3 Å². The molecule has 1 saturated carbocycles. The molecule has 0 saturated heterocycles. The van der Waals surface area contributed by atoms with Gasteiger partial charge in [-0.15, -0.1) is 0 Å². The van der Waals surface area contributed by atoms with Gasteiger partial charge < -0.3 is 0 Å². The summed E-state index contributed by atoms with van der Waals surface area (Å²) in [4.78, 5) is 0. The highest BCUT2D eigenvalue weighted by atomic mass is 31.1. The normalized spacial score (nSPS) is 19.1. The van der Waals surface area contributed by atoms with E-state index in [0.717, 1.165) is 11.6 Å². The summed E-state index contributed by atoms with van der Waals surface area (Å²) < 4.78 is 0. The fourth-order valence-corrected chi connectivity index (χ4v) is 11.9. The van der Waals surface area contributed by atoms with E-state index in [1.165, 1.54) is 40.5 Å². The lowest BCUT2D eigenvalue weighted by atomic mass is 10.0. The fourth-order valence-electron chi connectivity index (χ4n) is 5.55. The third-order valence-electron chi connectivity index (χ3n) is 7.03. The van der Waals surface area contributed by atoms with Gasteiger partial charge in [0.1, 0.15) is 0 Å². The molecule has 1 aliphatic carbocycles. The Morgan fingerprint density at radius 1 is 0.545 bits per heavy atom. The Morgan fingerprint density at radius 2 is 0.939 bits per heavy atom. The first-order valence-electron chi connectivity index (χ1n) is 12.1. The van der Waals surface area contributed by atoms with Crippen molar-refractivity contribution in [3.63, 3.8) is 0 Å². The van der Waals surface area contributed by atoms with Gasteiger partial charge in [-0.2, -0.15) is 0 Å². The molecule has 3 atom stereocenters. The van der Waals surface area contributed by atoms with Crippen molar-refractivity contribution in [2.75, 3.05) is 0 Å². The lowest BCUT2D eigenvalue weighted by molar-refractivity contribution is 0.548. The summed E-state index contributed by atoms with van der Waals surface area (Å²) in [5.41, 5.74) is 1.38. The van der Waals surface area contributed by atoms with Crippen molar-refractivity contribution in [2.24, 2.45) is 5.92 Å². The first-order chi connectivity index (χ1) is 16.3. The Bertz CT molecular complexity index is 1030. The Hall–Kier alpha value is -2.26. The molecule has 0 amide bonds. The largest absolute Gasteiger partial charge is 0.0622 e. The second-order valence-electron chi connectivity index (χ2n) is 8.98. The second kappa shape index (κ2) is 10.8. The van der Waals surface area contributed by atoms with E-state index in [1.54, 1.807) is 0 Å². The van der Waals surface area contributed by atoms with Gasteiger partial charge in [-0.25, -0.2) is 0 Å². The minimum absolute atomic E-state index is 0.376. The Morgan fingerprint density at radius 3 is 1.36 bits per heavy atom. The second-order valence-corrected chi connectivity index (χ2v) is 14.0. The maximum Gasteiger partial charge on any atom is -0.00943 e. The van der Waals surface area contributed by atoms with Crippen LogP contribution in [0.5, 0.6) is 0 Å². The molecule has 1 fully saturated rings. The van der Waals surface area contributed by atoms with Gasteiger partial charge in [-0.3, -0.25) is 0 Å². The number of rotatable bonds is 7. The topological polar surface area (TPSA) is 0 Å². The molecule has 4 aromatic carbocycles. The summed E-state index contributed by atoms with van der Waals surface area (Å²) in [5, 5.41) is 6.10. The standard InChI is InChI=1S/C31H32P2/c1-25(32(26-15-6-2-7-16-26)27-17-8-3-9-18-27)30-23-14-24-31(30)33(28-19-10-4-11-20-28)29-21-12-5-13-22-29/h2-13,15-22,25,30-31H,14,23-24H2,1H3/t25-,30+,31-/m0/s1. The molecular formula is C31H32P2. The fraction of sp³-hybridized carbons (Fsp3) is 0.226. The summed E-state index contributed by atoms with van der Waals surface area (Å²) >= 11 is 0. The van der Waals surface area contributed by atoms with E-state index in [-0.39, 0.29) is 7.92 Å². The molecule has 0 spiro atoms. The van der Waals surface area contributed by atoms with Crippen LogP contribution in [0.3, 0.4) is 0 Å². The van der Waals surface area contributed by atoms with Crippen molar-refractivity contribution in [2.45, 2.75) is 37.5 Å². The highest BCUT2D eigenvalue weighted by molar-refractivity contribution is 7.74. The molecule has 0 heterocycles. The molecule has 166 valence electrons. The van der Waals surface area contributed by atoms with Crippen molar-refractivity contribution in [3.8, 4) is 0 Å². The van der Waals surface area contributed by atoms with Crippen molar-refractivity contribution in [1.82, 2.24) is 0 Å². The zero-order chi connectivity index (χ0) is 22.5. The number of hydrogen-bond donors (Lipinski definition) is 0. The molecule has 4 aromatic rings. The lowest BCUT2D eigenvalue weighted by Gasteiger charge is -2.37. The van der Waals surface area contributed by atoms with E-state index < -0.39 is 7.92 Å². The van der Waals surface area contributed by atoms with Gasteiger partial charge in [0, 0.05) is 0 Å². The van der Waals surface area contributed by atoms with Crippen LogP contribution < -0.4 is 21.2 Å². The van der Waals surface area contributed by atoms with Crippen LogP contribution in [0.25, 0.3) is 0 Å². The van der Waals surface area contributed by atoms with Crippen LogP contribution in [-0.2, 0) is 0 Å². The van der Waals surface area contributed by atoms with Crippen molar-refractivity contribution < 1.29 is 0 Å². The average Bonchev–Trinajstić information content (AvgIpc) is 3.36. The summed E-state index contributed by atoms with van der Waals surface area (Å²) in [6.45, 7) is 2.55. The minimum Gasteiger partial charge on any atom is -0.0622 e.